The number of ketones is 2. The van der Waals surface area contributed by atoms with E-state index in [1.165, 1.54) is 0 Å². The van der Waals surface area contributed by atoms with Crippen LogP contribution in [0.2, 0.25) is 0 Å². The molecule has 0 bridgehead atoms. The van der Waals surface area contributed by atoms with E-state index in [0.29, 0.717) is 42.4 Å². The first-order chi connectivity index (χ1) is 14.0. The molecule has 3 nitrogen and oxygen atoms in total. The van der Waals surface area contributed by atoms with Gasteiger partial charge in [-0.25, -0.2) is 0 Å². The lowest BCUT2D eigenvalue weighted by Gasteiger charge is -2.09. The fraction of sp³-hybridized carbons (Fsp3) is 0.160. The van der Waals surface area contributed by atoms with Gasteiger partial charge in [0.15, 0.2) is 11.6 Å². The molecule has 3 aromatic carbocycles. The molecule has 0 spiro atoms. The maximum absolute atomic E-state index is 12.8. The average Bonchev–Trinajstić information content (AvgIpc) is 2.76. The lowest BCUT2D eigenvalue weighted by molar-refractivity contribution is 0.0982. The molecule has 29 heavy (non-hydrogen) atoms. The molecule has 0 aliphatic rings. The second-order valence-electron chi connectivity index (χ2n) is 6.98. The summed E-state index contributed by atoms with van der Waals surface area (Å²) in [4.78, 5) is 25.7. The van der Waals surface area contributed by atoms with Crippen molar-refractivity contribution in [1.82, 2.24) is 0 Å². The Kier molecular flexibility index (Phi) is 7.04. The van der Waals surface area contributed by atoms with Crippen LogP contribution < -0.4 is 5.73 Å². The molecule has 0 saturated carbocycles. The van der Waals surface area contributed by atoms with Gasteiger partial charge in [0.05, 0.1) is 0 Å². The summed E-state index contributed by atoms with van der Waals surface area (Å²) in [6.45, 7) is 0. The Labute approximate surface area is 176 Å². The molecule has 0 amide bonds. The van der Waals surface area contributed by atoms with Crippen molar-refractivity contribution in [1.29, 1.82) is 0 Å². The number of rotatable bonds is 9. The Balaban J connectivity index is 1.75. The molecule has 0 heterocycles. The zero-order valence-electron chi connectivity index (χ0n) is 16.1. The highest BCUT2D eigenvalue weighted by Crippen LogP contribution is 2.17. The molecule has 0 fully saturated rings. The Morgan fingerprint density at radius 3 is 1.41 bits per heavy atom. The van der Waals surface area contributed by atoms with Gasteiger partial charge in [-0.2, -0.15) is 0 Å². The van der Waals surface area contributed by atoms with Gasteiger partial charge < -0.3 is 5.73 Å². The topological polar surface area (TPSA) is 60.2 Å². The van der Waals surface area contributed by atoms with Crippen LogP contribution in [0.25, 0.3) is 0 Å². The van der Waals surface area contributed by atoms with Gasteiger partial charge in [-0.3, -0.25) is 9.59 Å². The first kappa shape index (κ1) is 20.6. The van der Waals surface area contributed by atoms with Crippen LogP contribution in [0.1, 0.15) is 50.2 Å². The Morgan fingerprint density at radius 1 is 0.655 bits per heavy atom. The van der Waals surface area contributed by atoms with E-state index in [4.69, 9.17) is 18.0 Å². The number of thiocarbonyl (C=S) groups is 1. The Bertz CT molecular complexity index is 940. The van der Waals surface area contributed by atoms with Crippen LogP contribution in [0.15, 0.2) is 78.9 Å². The van der Waals surface area contributed by atoms with Crippen molar-refractivity contribution in [3.63, 3.8) is 0 Å². The molecule has 0 saturated heterocycles. The highest BCUT2D eigenvalue weighted by atomic mass is 32.1. The lowest BCUT2D eigenvalue weighted by Crippen LogP contribution is -2.14. The van der Waals surface area contributed by atoms with Crippen molar-refractivity contribution in [2.24, 2.45) is 5.73 Å². The largest absolute Gasteiger partial charge is 0.389 e. The third kappa shape index (κ3) is 5.93. The standard InChI is InChI=1S/C25H23NO2S/c26-25(29)22-16-20(23(27)13-11-18-7-3-1-4-8-18)15-21(17-22)24(28)14-12-19-9-5-2-6-10-19/h1-10,15-17H,11-14H2,(H2,26,29). The summed E-state index contributed by atoms with van der Waals surface area (Å²) in [6, 6.07) is 24.7. The summed E-state index contributed by atoms with van der Waals surface area (Å²) < 4.78 is 0. The number of carbonyl (C=O) groups is 2. The van der Waals surface area contributed by atoms with E-state index in [1.54, 1.807) is 18.2 Å². The third-order valence-electron chi connectivity index (χ3n) is 4.83. The van der Waals surface area contributed by atoms with Crippen LogP contribution in [0.3, 0.4) is 0 Å². The normalized spacial score (nSPS) is 10.5. The summed E-state index contributed by atoms with van der Waals surface area (Å²) in [6.07, 6.45) is 2.02. The van der Waals surface area contributed by atoms with E-state index >= 15 is 0 Å². The van der Waals surface area contributed by atoms with Crippen molar-refractivity contribution < 1.29 is 9.59 Å². The van der Waals surface area contributed by atoms with E-state index < -0.39 is 0 Å². The predicted molar refractivity (Wildman–Crippen MR) is 121 cm³/mol. The minimum atomic E-state index is -0.0240. The molecule has 4 heteroatoms. The lowest BCUT2D eigenvalue weighted by atomic mass is 9.95. The minimum Gasteiger partial charge on any atom is -0.389 e. The number of hydrogen-bond donors (Lipinski definition) is 1. The molecule has 0 radical (unpaired) electrons. The Hall–Kier alpha value is -3.11. The van der Waals surface area contributed by atoms with Crippen molar-refractivity contribution >= 4 is 28.8 Å². The van der Waals surface area contributed by atoms with E-state index in [1.807, 2.05) is 60.7 Å². The highest BCUT2D eigenvalue weighted by Gasteiger charge is 2.14. The van der Waals surface area contributed by atoms with Gasteiger partial charge in [-0.05, 0) is 42.2 Å². The van der Waals surface area contributed by atoms with E-state index in [2.05, 4.69) is 0 Å². The average molecular weight is 402 g/mol. The van der Waals surface area contributed by atoms with Gasteiger partial charge in [0.1, 0.15) is 4.99 Å². The fourth-order valence-corrected chi connectivity index (χ4v) is 3.30. The first-order valence-electron chi connectivity index (χ1n) is 9.62. The molecule has 0 aromatic heterocycles. The summed E-state index contributed by atoms with van der Waals surface area (Å²) >= 11 is 5.09. The molecule has 146 valence electrons. The van der Waals surface area contributed by atoms with Crippen molar-refractivity contribution in [3.8, 4) is 0 Å². The summed E-state index contributed by atoms with van der Waals surface area (Å²) in [5, 5.41) is 0. The van der Waals surface area contributed by atoms with E-state index in [0.717, 1.165) is 11.1 Å². The highest BCUT2D eigenvalue weighted by molar-refractivity contribution is 7.80. The quantitative estimate of drug-likeness (QED) is 0.407. The zero-order valence-corrected chi connectivity index (χ0v) is 17.0. The summed E-state index contributed by atoms with van der Waals surface area (Å²) in [5.74, 6) is -0.0480. The van der Waals surface area contributed by atoms with Crippen LogP contribution >= 0.6 is 12.2 Å². The summed E-state index contributed by atoms with van der Waals surface area (Å²) in [5.41, 5.74) is 9.51. The molecular weight excluding hydrogens is 378 g/mol. The molecule has 3 aromatic rings. The van der Waals surface area contributed by atoms with Crippen molar-refractivity contribution in [2.45, 2.75) is 25.7 Å². The molecule has 0 atom stereocenters. The second-order valence-corrected chi connectivity index (χ2v) is 7.42. The van der Waals surface area contributed by atoms with Gasteiger partial charge in [-0.1, -0.05) is 72.9 Å². The van der Waals surface area contributed by atoms with Crippen LogP contribution in [0, 0.1) is 0 Å². The van der Waals surface area contributed by atoms with Crippen LogP contribution in [-0.2, 0) is 12.8 Å². The zero-order chi connectivity index (χ0) is 20.6. The SMILES string of the molecule is NC(=S)c1cc(C(=O)CCc2ccccc2)cc(C(=O)CCc2ccccc2)c1. The predicted octanol–water partition coefficient (Wildman–Crippen LogP) is 4.95. The van der Waals surface area contributed by atoms with Crippen molar-refractivity contribution in [3.05, 3.63) is 107 Å². The smallest absolute Gasteiger partial charge is 0.163 e. The molecule has 3 rings (SSSR count). The van der Waals surface area contributed by atoms with Crippen LogP contribution in [-0.4, -0.2) is 16.6 Å². The van der Waals surface area contributed by atoms with Gasteiger partial charge in [-0.15, -0.1) is 0 Å². The summed E-state index contributed by atoms with van der Waals surface area (Å²) in [7, 11) is 0. The monoisotopic (exact) mass is 401 g/mol. The van der Waals surface area contributed by atoms with Crippen LogP contribution in [0.5, 0.6) is 0 Å². The maximum atomic E-state index is 12.8. The Morgan fingerprint density at radius 2 is 1.03 bits per heavy atom. The molecule has 2 N–H and O–H groups in total. The van der Waals surface area contributed by atoms with E-state index in [9.17, 15) is 9.59 Å². The molecular formula is C25H23NO2S. The molecule has 0 unspecified atom stereocenters. The van der Waals surface area contributed by atoms with Crippen molar-refractivity contribution in [2.75, 3.05) is 0 Å². The van der Waals surface area contributed by atoms with Gasteiger partial charge in [0.25, 0.3) is 0 Å². The third-order valence-corrected chi connectivity index (χ3v) is 5.06. The number of Topliss-reactive ketones (excluding diaryl/α,β-unsaturated/α-hetero) is 2. The first-order valence-corrected chi connectivity index (χ1v) is 10.0. The second kappa shape index (κ2) is 9.89. The number of aryl methyl sites for hydroxylation is 2. The number of hydrogen-bond acceptors (Lipinski definition) is 3. The van der Waals surface area contributed by atoms with Gasteiger partial charge in [0, 0.05) is 29.5 Å². The van der Waals surface area contributed by atoms with Gasteiger partial charge in [0.2, 0.25) is 0 Å². The minimum absolute atomic E-state index is 0.0240. The number of nitrogens with two attached hydrogens (primary N) is 1. The number of carbonyl (C=O) groups excluding carboxylic acids is 2. The number of benzene rings is 3. The van der Waals surface area contributed by atoms with E-state index in [-0.39, 0.29) is 16.6 Å². The van der Waals surface area contributed by atoms with Crippen LogP contribution in [0.4, 0.5) is 0 Å². The molecule has 0 aliphatic carbocycles. The van der Waals surface area contributed by atoms with Gasteiger partial charge >= 0.3 is 0 Å². The fourth-order valence-electron chi connectivity index (χ4n) is 3.19. The molecule has 0 aliphatic heterocycles. The maximum Gasteiger partial charge on any atom is 0.163 e.